The van der Waals surface area contributed by atoms with Crippen LogP contribution in [0.25, 0.3) is 0 Å². The van der Waals surface area contributed by atoms with Crippen LogP contribution in [0, 0.1) is 5.41 Å². The molecule has 0 saturated heterocycles. The SMILES string of the molecule is CN(CC(C)(C)CN)C(=O)c1cccn1Cc1cccs1. The first kappa shape index (κ1) is 15.8. The molecule has 5 heteroatoms. The molecule has 0 atom stereocenters. The minimum atomic E-state index is -0.0738. The summed E-state index contributed by atoms with van der Waals surface area (Å²) in [5.74, 6) is 0.0399. The number of carbonyl (C=O) groups excluding carboxylic acids is 1. The van der Waals surface area contributed by atoms with Crippen LogP contribution in [0.15, 0.2) is 35.8 Å². The van der Waals surface area contributed by atoms with Crippen molar-refractivity contribution < 1.29 is 4.79 Å². The molecule has 0 aromatic carbocycles. The van der Waals surface area contributed by atoms with Crippen molar-refractivity contribution in [2.45, 2.75) is 20.4 Å². The molecule has 0 spiro atoms. The van der Waals surface area contributed by atoms with Gasteiger partial charge in [-0.2, -0.15) is 0 Å². The molecule has 4 nitrogen and oxygen atoms in total. The van der Waals surface area contributed by atoms with E-state index in [4.69, 9.17) is 5.73 Å². The quantitative estimate of drug-likeness (QED) is 0.892. The van der Waals surface area contributed by atoms with Crippen LogP contribution in [0.5, 0.6) is 0 Å². The second-order valence-corrected chi connectivity index (χ2v) is 7.16. The second-order valence-electron chi connectivity index (χ2n) is 6.13. The Morgan fingerprint density at radius 1 is 1.38 bits per heavy atom. The fourth-order valence-corrected chi connectivity index (χ4v) is 2.99. The lowest BCUT2D eigenvalue weighted by molar-refractivity contribution is 0.0730. The summed E-state index contributed by atoms with van der Waals surface area (Å²) in [7, 11) is 1.84. The van der Waals surface area contributed by atoms with E-state index in [9.17, 15) is 4.79 Å². The Morgan fingerprint density at radius 2 is 2.14 bits per heavy atom. The van der Waals surface area contributed by atoms with E-state index in [1.54, 1.807) is 16.2 Å². The van der Waals surface area contributed by atoms with Crippen LogP contribution in [-0.2, 0) is 6.54 Å². The number of hydrogen-bond donors (Lipinski definition) is 1. The molecule has 2 N–H and O–H groups in total. The molecule has 0 saturated carbocycles. The first-order valence-electron chi connectivity index (χ1n) is 7.06. The van der Waals surface area contributed by atoms with Crippen LogP contribution in [0.3, 0.4) is 0 Å². The van der Waals surface area contributed by atoms with Gasteiger partial charge in [0.05, 0.1) is 6.54 Å². The van der Waals surface area contributed by atoms with Crippen molar-refractivity contribution in [3.05, 3.63) is 46.4 Å². The van der Waals surface area contributed by atoms with Crippen LogP contribution in [0.1, 0.15) is 29.2 Å². The van der Waals surface area contributed by atoms with Crippen LogP contribution in [0.4, 0.5) is 0 Å². The number of rotatable bonds is 6. The normalized spacial score (nSPS) is 11.6. The van der Waals surface area contributed by atoms with Gasteiger partial charge in [-0.15, -0.1) is 11.3 Å². The van der Waals surface area contributed by atoms with Gasteiger partial charge in [-0.05, 0) is 35.5 Å². The molecule has 0 unspecified atom stereocenters. The molecule has 21 heavy (non-hydrogen) atoms. The summed E-state index contributed by atoms with van der Waals surface area (Å²) in [4.78, 5) is 15.6. The fourth-order valence-electron chi connectivity index (χ4n) is 2.29. The van der Waals surface area contributed by atoms with Crippen molar-refractivity contribution in [1.29, 1.82) is 0 Å². The van der Waals surface area contributed by atoms with Crippen LogP contribution < -0.4 is 5.73 Å². The highest BCUT2D eigenvalue weighted by atomic mass is 32.1. The first-order valence-corrected chi connectivity index (χ1v) is 7.94. The number of aromatic nitrogens is 1. The zero-order valence-electron chi connectivity index (χ0n) is 12.9. The summed E-state index contributed by atoms with van der Waals surface area (Å²) in [5, 5.41) is 2.05. The summed E-state index contributed by atoms with van der Waals surface area (Å²) in [6.45, 7) is 6.08. The van der Waals surface area contributed by atoms with Gasteiger partial charge in [-0.1, -0.05) is 19.9 Å². The second kappa shape index (κ2) is 6.45. The average molecular weight is 305 g/mol. The lowest BCUT2D eigenvalue weighted by Gasteiger charge is -2.29. The molecule has 114 valence electrons. The first-order chi connectivity index (χ1) is 9.93. The summed E-state index contributed by atoms with van der Waals surface area (Å²) in [5.41, 5.74) is 6.40. The van der Waals surface area contributed by atoms with E-state index in [1.165, 1.54) is 4.88 Å². The zero-order valence-corrected chi connectivity index (χ0v) is 13.7. The Kier molecular flexibility index (Phi) is 4.85. The molecular formula is C16H23N3OS. The van der Waals surface area contributed by atoms with Gasteiger partial charge >= 0.3 is 0 Å². The monoisotopic (exact) mass is 305 g/mol. The van der Waals surface area contributed by atoms with E-state index >= 15 is 0 Å². The number of nitrogens with two attached hydrogens (primary N) is 1. The molecule has 2 heterocycles. The summed E-state index contributed by atoms with van der Waals surface area (Å²) in [6, 6.07) is 7.91. The Labute approximate surface area is 130 Å². The molecule has 2 rings (SSSR count). The van der Waals surface area contributed by atoms with Crippen molar-refractivity contribution in [2.24, 2.45) is 11.1 Å². The van der Waals surface area contributed by atoms with Crippen molar-refractivity contribution in [2.75, 3.05) is 20.1 Å². The van der Waals surface area contributed by atoms with Gasteiger partial charge in [0.15, 0.2) is 0 Å². The van der Waals surface area contributed by atoms with Crippen molar-refractivity contribution >= 4 is 17.2 Å². The van der Waals surface area contributed by atoms with E-state index < -0.39 is 0 Å². The van der Waals surface area contributed by atoms with Gasteiger partial charge in [0.2, 0.25) is 0 Å². The molecule has 0 aliphatic rings. The van der Waals surface area contributed by atoms with E-state index in [-0.39, 0.29) is 11.3 Å². The standard InChI is InChI=1S/C16H23N3OS/c1-16(2,11-17)12-18(3)15(20)14-7-4-8-19(14)10-13-6-5-9-21-13/h4-9H,10-12,17H2,1-3H3. The van der Waals surface area contributed by atoms with E-state index in [1.807, 2.05) is 36.0 Å². The maximum absolute atomic E-state index is 12.6. The molecule has 2 aromatic rings. The molecule has 0 radical (unpaired) electrons. The smallest absolute Gasteiger partial charge is 0.270 e. The van der Waals surface area contributed by atoms with Gasteiger partial charge in [-0.3, -0.25) is 4.79 Å². The number of carbonyl (C=O) groups is 1. The maximum Gasteiger partial charge on any atom is 0.270 e. The number of amides is 1. The van der Waals surface area contributed by atoms with Gasteiger partial charge in [0.1, 0.15) is 5.69 Å². The van der Waals surface area contributed by atoms with E-state index in [0.717, 1.165) is 12.2 Å². The maximum atomic E-state index is 12.6. The van der Waals surface area contributed by atoms with E-state index in [2.05, 4.69) is 25.3 Å². The summed E-state index contributed by atoms with van der Waals surface area (Å²) < 4.78 is 2.00. The largest absolute Gasteiger partial charge is 0.340 e. The van der Waals surface area contributed by atoms with Crippen molar-refractivity contribution in [3.63, 3.8) is 0 Å². The third kappa shape index (κ3) is 3.95. The van der Waals surface area contributed by atoms with Crippen LogP contribution in [0.2, 0.25) is 0 Å². The third-order valence-corrected chi connectivity index (χ3v) is 4.38. The summed E-state index contributed by atoms with van der Waals surface area (Å²) in [6.07, 6.45) is 1.95. The predicted octanol–water partition coefficient (Wildman–Crippen LogP) is 2.65. The van der Waals surface area contributed by atoms with Gasteiger partial charge in [0, 0.05) is 24.7 Å². The predicted molar refractivity (Wildman–Crippen MR) is 87.6 cm³/mol. The Hall–Kier alpha value is -1.59. The van der Waals surface area contributed by atoms with Crippen molar-refractivity contribution in [1.82, 2.24) is 9.47 Å². The highest BCUT2D eigenvalue weighted by molar-refractivity contribution is 7.09. The fraction of sp³-hybridized carbons (Fsp3) is 0.438. The molecule has 1 amide bonds. The van der Waals surface area contributed by atoms with Gasteiger partial charge in [0.25, 0.3) is 5.91 Å². The van der Waals surface area contributed by atoms with Crippen LogP contribution >= 0.6 is 11.3 Å². The highest BCUT2D eigenvalue weighted by Gasteiger charge is 2.23. The third-order valence-electron chi connectivity index (χ3n) is 3.52. The minimum Gasteiger partial charge on any atom is -0.340 e. The van der Waals surface area contributed by atoms with Crippen LogP contribution in [-0.4, -0.2) is 35.5 Å². The Bertz CT molecular complexity index is 586. The number of thiophene rings is 1. The van der Waals surface area contributed by atoms with Crippen molar-refractivity contribution in [3.8, 4) is 0 Å². The topological polar surface area (TPSA) is 51.3 Å². The lowest BCUT2D eigenvalue weighted by Crippen LogP contribution is -2.40. The minimum absolute atomic E-state index is 0.0399. The van der Waals surface area contributed by atoms with E-state index in [0.29, 0.717) is 13.1 Å². The van der Waals surface area contributed by atoms with Gasteiger partial charge in [-0.25, -0.2) is 0 Å². The summed E-state index contributed by atoms with van der Waals surface area (Å²) >= 11 is 1.70. The molecule has 0 bridgehead atoms. The molecule has 2 aromatic heterocycles. The Morgan fingerprint density at radius 3 is 2.76 bits per heavy atom. The zero-order chi connectivity index (χ0) is 15.5. The highest BCUT2D eigenvalue weighted by Crippen LogP contribution is 2.17. The van der Waals surface area contributed by atoms with Gasteiger partial charge < -0.3 is 15.2 Å². The number of hydrogen-bond acceptors (Lipinski definition) is 3. The lowest BCUT2D eigenvalue weighted by atomic mass is 9.93. The molecule has 0 aliphatic heterocycles. The molecule has 0 aliphatic carbocycles. The average Bonchev–Trinajstić information content (AvgIpc) is 3.09. The molecule has 0 fully saturated rings. The molecular weight excluding hydrogens is 282 g/mol. The Balaban J connectivity index is 2.11. The number of nitrogens with zero attached hydrogens (tertiary/aromatic N) is 2.